The molecule has 0 bridgehead atoms. The highest BCUT2D eigenvalue weighted by Crippen LogP contribution is 2.34. The highest BCUT2D eigenvalue weighted by molar-refractivity contribution is 7.90. The molecule has 4 rings (SSSR count). The van der Waals surface area contributed by atoms with E-state index >= 15 is 0 Å². The fourth-order valence-electron chi connectivity index (χ4n) is 3.72. The van der Waals surface area contributed by atoms with Gasteiger partial charge in [-0.2, -0.15) is 0 Å². The third-order valence-electron chi connectivity index (χ3n) is 5.35. The minimum Gasteiger partial charge on any atom is -0.382 e. The van der Waals surface area contributed by atoms with E-state index in [1.54, 1.807) is 30.6 Å². The Morgan fingerprint density at radius 3 is 2.59 bits per heavy atom. The van der Waals surface area contributed by atoms with Crippen LogP contribution in [0, 0.1) is 5.92 Å². The molecule has 142 valence electrons. The second-order valence-corrected chi connectivity index (χ2v) is 9.49. The predicted molar refractivity (Wildman–Crippen MR) is 105 cm³/mol. The van der Waals surface area contributed by atoms with E-state index in [9.17, 15) is 8.42 Å². The molecule has 0 saturated heterocycles. The molecule has 2 heterocycles. The Balaban J connectivity index is 1.80. The van der Waals surface area contributed by atoms with Crippen molar-refractivity contribution in [1.82, 2.24) is 19.5 Å². The van der Waals surface area contributed by atoms with Gasteiger partial charge in [-0.25, -0.2) is 23.4 Å². The molecule has 1 aliphatic carbocycles. The van der Waals surface area contributed by atoms with Crippen molar-refractivity contribution < 1.29 is 8.42 Å². The summed E-state index contributed by atoms with van der Waals surface area (Å²) in [5, 5.41) is 0. The Morgan fingerprint density at radius 1 is 1.15 bits per heavy atom. The van der Waals surface area contributed by atoms with Crippen molar-refractivity contribution in [3.05, 3.63) is 30.6 Å². The van der Waals surface area contributed by atoms with Gasteiger partial charge in [-0.15, -0.1) is 0 Å². The van der Waals surface area contributed by atoms with Gasteiger partial charge in [0.1, 0.15) is 5.52 Å². The summed E-state index contributed by atoms with van der Waals surface area (Å²) in [5.74, 6) is 1.48. The number of imidazole rings is 1. The van der Waals surface area contributed by atoms with Crippen LogP contribution in [0.15, 0.2) is 35.5 Å². The van der Waals surface area contributed by atoms with Crippen LogP contribution in [-0.4, -0.2) is 34.2 Å². The van der Waals surface area contributed by atoms with E-state index in [2.05, 4.69) is 21.5 Å². The van der Waals surface area contributed by atoms with Crippen molar-refractivity contribution in [2.45, 2.75) is 43.5 Å². The number of anilines is 1. The maximum Gasteiger partial charge on any atom is 0.175 e. The van der Waals surface area contributed by atoms with Crippen molar-refractivity contribution in [1.29, 1.82) is 0 Å². The lowest BCUT2D eigenvalue weighted by atomic mass is 9.87. The summed E-state index contributed by atoms with van der Waals surface area (Å²) >= 11 is 0. The van der Waals surface area contributed by atoms with E-state index < -0.39 is 9.84 Å². The first-order valence-corrected chi connectivity index (χ1v) is 11.0. The number of nitrogen functional groups attached to an aromatic ring is 1. The summed E-state index contributed by atoms with van der Waals surface area (Å²) in [6.07, 6.45) is 7.55. The highest BCUT2D eigenvalue weighted by Gasteiger charge is 2.23. The standard InChI is InChI=1S/C19H23N5O2S/c1-12-6-8-14(9-7-12)24-11-21-16-17(20)22-18(23-19(16)24)13-4-3-5-15(10-13)27(2,25)26/h3-5,10-12,14H,6-9H2,1-2H3,(H2,20,22,23). The van der Waals surface area contributed by atoms with Crippen LogP contribution in [0.1, 0.15) is 38.6 Å². The lowest BCUT2D eigenvalue weighted by molar-refractivity contribution is 0.293. The van der Waals surface area contributed by atoms with Gasteiger partial charge in [0.25, 0.3) is 0 Å². The third-order valence-corrected chi connectivity index (χ3v) is 6.46. The second-order valence-electron chi connectivity index (χ2n) is 7.47. The SMILES string of the molecule is CC1CCC(n2cnc3c(N)nc(-c4cccc(S(C)(=O)=O)c4)nc32)CC1. The normalized spacial score (nSPS) is 20.8. The molecule has 1 aromatic carbocycles. The summed E-state index contributed by atoms with van der Waals surface area (Å²) in [4.78, 5) is 13.7. The lowest BCUT2D eigenvalue weighted by Crippen LogP contribution is -2.16. The molecule has 27 heavy (non-hydrogen) atoms. The van der Waals surface area contributed by atoms with Gasteiger partial charge in [0, 0.05) is 17.9 Å². The number of fused-ring (bicyclic) bond motifs is 1. The number of nitrogens with zero attached hydrogens (tertiary/aromatic N) is 4. The maximum absolute atomic E-state index is 11.9. The van der Waals surface area contributed by atoms with Crippen molar-refractivity contribution >= 4 is 26.8 Å². The molecule has 2 aromatic heterocycles. The van der Waals surface area contributed by atoms with Gasteiger partial charge in [-0.3, -0.25) is 0 Å². The lowest BCUT2D eigenvalue weighted by Gasteiger charge is -2.27. The second kappa shape index (κ2) is 6.60. The molecule has 0 radical (unpaired) electrons. The van der Waals surface area contributed by atoms with Crippen LogP contribution in [0.3, 0.4) is 0 Å². The Morgan fingerprint density at radius 2 is 1.89 bits per heavy atom. The molecular weight excluding hydrogens is 362 g/mol. The summed E-state index contributed by atoms with van der Waals surface area (Å²) in [6, 6.07) is 6.98. The van der Waals surface area contributed by atoms with E-state index in [-0.39, 0.29) is 4.90 Å². The van der Waals surface area contributed by atoms with Crippen molar-refractivity contribution in [3.8, 4) is 11.4 Å². The first kappa shape index (κ1) is 17.9. The number of nitrogens with two attached hydrogens (primary N) is 1. The largest absolute Gasteiger partial charge is 0.382 e. The van der Waals surface area contributed by atoms with Gasteiger partial charge in [0.05, 0.1) is 11.2 Å². The zero-order valence-electron chi connectivity index (χ0n) is 15.5. The number of hydrogen-bond donors (Lipinski definition) is 1. The van der Waals surface area contributed by atoms with Crippen molar-refractivity contribution in [2.24, 2.45) is 5.92 Å². The molecule has 8 heteroatoms. The Kier molecular flexibility index (Phi) is 4.38. The number of hydrogen-bond acceptors (Lipinski definition) is 6. The number of benzene rings is 1. The van der Waals surface area contributed by atoms with Gasteiger partial charge in [-0.1, -0.05) is 19.1 Å². The molecule has 1 saturated carbocycles. The van der Waals surface area contributed by atoms with Crippen LogP contribution in [0.4, 0.5) is 5.82 Å². The first-order valence-electron chi connectivity index (χ1n) is 9.13. The van der Waals surface area contributed by atoms with Gasteiger partial charge in [-0.05, 0) is 43.7 Å². The Hall–Kier alpha value is -2.48. The average molecular weight is 385 g/mol. The van der Waals surface area contributed by atoms with E-state index in [0.29, 0.717) is 34.4 Å². The van der Waals surface area contributed by atoms with Gasteiger partial charge >= 0.3 is 0 Å². The van der Waals surface area contributed by atoms with Crippen LogP contribution in [0.25, 0.3) is 22.6 Å². The number of sulfone groups is 1. The minimum atomic E-state index is -3.31. The van der Waals surface area contributed by atoms with Gasteiger partial charge in [0.2, 0.25) is 0 Å². The van der Waals surface area contributed by atoms with Crippen LogP contribution in [0.5, 0.6) is 0 Å². The number of aromatic nitrogens is 4. The van der Waals surface area contributed by atoms with Crippen LogP contribution in [0.2, 0.25) is 0 Å². The maximum atomic E-state index is 11.9. The fraction of sp³-hybridized carbons (Fsp3) is 0.421. The van der Waals surface area contributed by atoms with E-state index in [4.69, 9.17) is 10.7 Å². The zero-order chi connectivity index (χ0) is 19.2. The fourth-order valence-corrected chi connectivity index (χ4v) is 4.39. The zero-order valence-corrected chi connectivity index (χ0v) is 16.3. The topological polar surface area (TPSA) is 104 Å². The predicted octanol–water partition coefficient (Wildman–Crippen LogP) is 3.23. The van der Waals surface area contributed by atoms with Crippen LogP contribution in [-0.2, 0) is 9.84 Å². The minimum absolute atomic E-state index is 0.233. The van der Waals surface area contributed by atoms with Gasteiger partial charge in [0.15, 0.2) is 27.1 Å². The number of rotatable bonds is 3. The molecule has 7 nitrogen and oxygen atoms in total. The molecule has 0 spiro atoms. The Bertz CT molecular complexity index is 1100. The summed E-state index contributed by atoms with van der Waals surface area (Å²) in [7, 11) is -3.31. The molecule has 2 N–H and O–H groups in total. The molecule has 1 fully saturated rings. The molecular formula is C19H23N5O2S. The molecule has 0 atom stereocenters. The summed E-state index contributed by atoms with van der Waals surface area (Å²) in [6.45, 7) is 2.29. The smallest absolute Gasteiger partial charge is 0.175 e. The van der Waals surface area contributed by atoms with Crippen molar-refractivity contribution in [3.63, 3.8) is 0 Å². The Labute approximate surface area is 158 Å². The van der Waals surface area contributed by atoms with Crippen molar-refractivity contribution in [2.75, 3.05) is 12.0 Å². The van der Waals surface area contributed by atoms with Crippen LogP contribution >= 0.6 is 0 Å². The van der Waals surface area contributed by atoms with Gasteiger partial charge < -0.3 is 10.3 Å². The first-order chi connectivity index (χ1) is 12.8. The molecule has 1 aliphatic rings. The summed E-state index contributed by atoms with van der Waals surface area (Å²) in [5.41, 5.74) is 8.06. The van der Waals surface area contributed by atoms with E-state index in [0.717, 1.165) is 18.8 Å². The molecule has 0 aliphatic heterocycles. The van der Waals surface area contributed by atoms with Crippen LogP contribution < -0.4 is 5.73 Å². The highest BCUT2D eigenvalue weighted by atomic mass is 32.2. The molecule has 3 aromatic rings. The van der Waals surface area contributed by atoms with E-state index in [1.807, 2.05) is 0 Å². The monoisotopic (exact) mass is 385 g/mol. The van der Waals surface area contributed by atoms with E-state index in [1.165, 1.54) is 19.1 Å². The average Bonchev–Trinajstić information content (AvgIpc) is 3.06. The third kappa shape index (κ3) is 3.41. The molecule has 0 amide bonds. The summed E-state index contributed by atoms with van der Waals surface area (Å²) < 4.78 is 25.8. The molecule has 0 unspecified atom stereocenters. The quantitative estimate of drug-likeness (QED) is 0.742.